The van der Waals surface area contributed by atoms with Crippen LogP contribution in [0.1, 0.15) is 33.6 Å². The topological polar surface area (TPSA) is 32.8 Å². The van der Waals surface area contributed by atoms with Gasteiger partial charge in [0.15, 0.2) is 0 Å². The van der Waals surface area contributed by atoms with Gasteiger partial charge in [0.25, 0.3) is 0 Å². The van der Waals surface area contributed by atoms with Gasteiger partial charge < -0.3 is 14.5 Å². The minimum atomic E-state index is 0.218. The molecule has 1 fully saturated rings. The van der Waals surface area contributed by atoms with Gasteiger partial charge in [-0.25, -0.2) is 0 Å². The van der Waals surface area contributed by atoms with Crippen molar-refractivity contribution in [2.24, 2.45) is 5.92 Å². The molecule has 4 nitrogen and oxygen atoms in total. The first-order valence-electron chi connectivity index (χ1n) is 8.84. The van der Waals surface area contributed by atoms with Gasteiger partial charge in [0.1, 0.15) is 0 Å². The summed E-state index contributed by atoms with van der Waals surface area (Å²) < 4.78 is 5.46. The van der Waals surface area contributed by atoms with Gasteiger partial charge in [-0.3, -0.25) is 4.79 Å². The van der Waals surface area contributed by atoms with E-state index in [-0.39, 0.29) is 11.9 Å². The zero-order valence-electron chi connectivity index (χ0n) is 14.7. The SMILES string of the molecule is CCOCCN1CC[C@H](N(C(=O)CC)c2ccccc2)[C@H](C)C1. The number of nitrogens with zero attached hydrogens (tertiary/aromatic N) is 2. The summed E-state index contributed by atoms with van der Waals surface area (Å²) in [5, 5.41) is 0. The lowest BCUT2D eigenvalue weighted by Gasteiger charge is -2.42. The summed E-state index contributed by atoms with van der Waals surface area (Å²) in [5.41, 5.74) is 1.03. The van der Waals surface area contributed by atoms with Crippen molar-refractivity contribution in [1.82, 2.24) is 4.90 Å². The number of carbonyl (C=O) groups excluding carboxylic acids is 1. The molecule has 0 aromatic heterocycles. The molecule has 0 saturated carbocycles. The summed E-state index contributed by atoms with van der Waals surface area (Å²) >= 11 is 0. The summed E-state index contributed by atoms with van der Waals surface area (Å²) in [7, 11) is 0. The maximum absolute atomic E-state index is 12.5. The van der Waals surface area contributed by atoms with Crippen LogP contribution in [0.2, 0.25) is 0 Å². The number of rotatable bonds is 7. The Kier molecular flexibility index (Phi) is 7.06. The Morgan fingerprint density at radius 3 is 2.65 bits per heavy atom. The maximum atomic E-state index is 12.5. The number of hydrogen-bond donors (Lipinski definition) is 0. The molecule has 2 rings (SSSR count). The van der Waals surface area contributed by atoms with E-state index in [1.807, 2.05) is 49.1 Å². The molecule has 1 aromatic carbocycles. The van der Waals surface area contributed by atoms with Crippen LogP contribution < -0.4 is 4.90 Å². The maximum Gasteiger partial charge on any atom is 0.226 e. The first-order valence-corrected chi connectivity index (χ1v) is 8.84. The van der Waals surface area contributed by atoms with Crippen LogP contribution >= 0.6 is 0 Å². The molecule has 0 spiro atoms. The van der Waals surface area contributed by atoms with Crippen molar-refractivity contribution in [1.29, 1.82) is 0 Å². The van der Waals surface area contributed by atoms with Crippen LogP contribution in [0.25, 0.3) is 0 Å². The molecule has 0 bridgehead atoms. The summed E-state index contributed by atoms with van der Waals surface area (Å²) in [5.74, 6) is 0.678. The van der Waals surface area contributed by atoms with Crippen molar-refractivity contribution in [3.05, 3.63) is 30.3 Å². The van der Waals surface area contributed by atoms with Crippen molar-refractivity contribution < 1.29 is 9.53 Å². The Labute approximate surface area is 140 Å². The predicted molar refractivity (Wildman–Crippen MR) is 94.7 cm³/mol. The van der Waals surface area contributed by atoms with E-state index < -0.39 is 0 Å². The van der Waals surface area contributed by atoms with E-state index in [2.05, 4.69) is 11.8 Å². The average molecular weight is 318 g/mol. The molecule has 0 N–H and O–H groups in total. The normalized spacial score (nSPS) is 22.0. The van der Waals surface area contributed by atoms with E-state index in [0.717, 1.165) is 45.0 Å². The molecule has 0 unspecified atom stereocenters. The Morgan fingerprint density at radius 1 is 1.30 bits per heavy atom. The number of anilines is 1. The smallest absolute Gasteiger partial charge is 0.226 e. The Morgan fingerprint density at radius 2 is 2.04 bits per heavy atom. The number of ether oxygens (including phenoxy) is 1. The number of benzene rings is 1. The van der Waals surface area contributed by atoms with Gasteiger partial charge in [-0.15, -0.1) is 0 Å². The highest BCUT2D eigenvalue weighted by Crippen LogP contribution is 2.27. The van der Waals surface area contributed by atoms with E-state index in [1.54, 1.807) is 0 Å². The Hall–Kier alpha value is -1.39. The van der Waals surface area contributed by atoms with Crippen LogP contribution in [0.3, 0.4) is 0 Å². The molecule has 1 aliphatic rings. The minimum Gasteiger partial charge on any atom is -0.380 e. The van der Waals surface area contributed by atoms with Gasteiger partial charge in [0.2, 0.25) is 5.91 Å². The third-order valence-corrected chi connectivity index (χ3v) is 4.64. The molecule has 1 saturated heterocycles. The number of para-hydroxylation sites is 1. The zero-order valence-corrected chi connectivity index (χ0v) is 14.7. The van der Waals surface area contributed by atoms with Crippen LogP contribution in [-0.2, 0) is 9.53 Å². The Bertz CT molecular complexity index is 478. The van der Waals surface area contributed by atoms with Crippen LogP contribution in [0.4, 0.5) is 5.69 Å². The van der Waals surface area contributed by atoms with Gasteiger partial charge in [-0.1, -0.05) is 32.0 Å². The first-order chi connectivity index (χ1) is 11.2. The first kappa shape index (κ1) is 18.0. The van der Waals surface area contributed by atoms with Gasteiger partial charge in [0.05, 0.1) is 6.61 Å². The van der Waals surface area contributed by atoms with E-state index in [9.17, 15) is 4.79 Å². The summed E-state index contributed by atoms with van der Waals surface area (Å²) in [4.78, 5) is 17.0. The van der Waals surface area contributed by atoms with Crippen molar-refractivity contribution in [2.45, 2.75) is 39.7 Å². The Balaban J connectivity index is 2.05. The van der Waals surface area contributed by atoms with Crippen LogP contribution in [0.15, 0.2) is 30.3 Å². The molecular weight excluding hydrogens is 288 g/mol. The number of piperidine rings is 1. The number of amides is 1. The molecule has 1 aromatic rings. The molecule has 23 heavy (non-hydrogen) atoms. The third kappa shape index (κ3) is 4.79. The molecule has 0 radical (unpaired) electrons. The predicted octanol–water partition coefficient (Wildman–Crippen LogP) is 3.18. The van der Waals surface area contributed by atoms with Gasteiger partial charge in [0, 0.05) is 44.4 Å². The largest absolute Gasteiger partial charge is 0.380 e. The minimum absolute atomic E-state index is 0.218. The molecule has 2 atom stereocenters. The summed E-state index contributed by atoms with van der Waals surface area (Å²) in [6, 6.07) is 10.4. The molecular formula is C19H30N2O2. The van der Waals surface area contributed by atoms with Crippen LogP contribution in [0, 0.1) is 5.92 Å². The number of likely N-dealkylation sites (tertiary alicyclic amines) is 1. The van der Waals surface area contributed by atoms with E-state index in [0.29, 0.717) is 12.3 Å². The fourth-order valence-corrected chi connectivity index (χ4v) is 3.42. The van der Waals surface area contributed by atoms with Crippen molar-refractivity contribution in [2.75, 3.05) is 37.7 Å². The van der Waals surface area contributed by atoms with E-state index >= 15 is 0 Å². The molecule has 1 heterocycles. The highest BCUT2D eigenvalue weighted by atomic mass is 16.5. The van der Waals surface area contributed by atoms with Crippen molar-refractivity contribution in [3.8, 4) is 0 Å². The lowest BCUT2D eigenvalue weighted by molar-refractivity contribution is -0.119. The van der Waals surface area contributed by atoms with Crippen molar-refractivity contribution in [3.63, 3.8) is 0 Å². The standard InChI is InChI=1S/C19H30N2O2/c1-4-19(22)21(17-9-7-6-8-10-17)18-11-12-20(15-16(18)3)13-14-23-5-2/h6-10,16,18H,4-5,11-15H2,1-3H3/t16-,18+/m1/s1. The number of hydrogen-bond acceptors (Lipinski definition) is 3. The molecule has 128 valence electrons. The lowest BCUT2D eigenvalue weighted by atomic mass is 9.91. The lowest BCUT2D eigenvalue weighted by Crippen LogP contribution is -2.52. The highest BCUT2D eigenvalue weighted by Gasteiger charge is 2.33. The summed E-state index contributed by atoms with van der Waals surface area (Å²) in [6.07, 6.45) is 1.57. The second-order valence-corrected chi connectivity index (χ2v) is 6.28. The van der Waals surface area contributed by atoms with Crippen molar-refractivity contribution >= 4 is 11.6 Å². The summed E-state index contributed by atoms with van der Waals surface area (Å²) in [6.45, 7) is 10.8. The molecule has 1 aliphatic heterocycles. The zero-order chi connectivity index (χ0) is 16.7. The van der Waals surface area contributed by atoms with E-state index in [1.165, 1.54) is 0 Å². The molecule has 4 heteroatoms. The fourth-order valence-electron chi connectivity index (χ4n) is 3.42. The number of carbonyl (C=O) groups is 1. The van der Waals surface area contributed by atoms with Crippen LogP contribution in [-0.4, -0.2) is 49.7 Å². The van der Waals surface area contributed by atoms with E-state index in [4.69, 9.17) is 4.74 Å². The molecule has 0 aliphatic carbocycles. The monoisotopic (exact) mass is 318 g/mol. The second-order valence-electron chi connectivity index (χ2n) is 6.28. The van der Waals surface area contributed by atoms with Gasteiger partial charge in [-0.05, 0) is 31.4 Å². The third-order valence-electron chi connectivity index (χ3n) is 4.64. The van der Waals surface area contributed by atoms with Gasteiger partial charge >= 0.3 is 0 Å². The highest BCUT2D eigenvalue weighted by molar-refractivity contribution is 5.93. The van der Waals surface area contributed by atoms with Gasteiger partial charge in [-0.2, -0.15) is 0 Å². The fraction of sp³-hybridized carbons (Fsp3) is 0.632. The van der Waals surface area contributed by atoms with Crippen LogP contribution in [0.5, 0.6) is 0 Å². The second kappa shape index (κ2) is 9.04. The molecule has 1 amide bonds. The quantitative estimate of drug-likeness (QED) is 0.724. The average Bonchev–Trinajstić information content (AvgIpc) is 2.58.